The van der Waals surface area contributed by atoms with Crippen molar-refractivity contribution >= 4 is 17.0 Å². The number of hydrogen-bond acceptors (Lipinski definition) is 8. The molecular weight excluding hydrogens is 511 g/mol. The standard InChI is InChI=1S/C25H32F3N3O5S/c1-16-19(29-13-12-22(16)34-15-25(26,27)28)14-37(33)23-30(3)20-10-6-7-11-21(20)31(23)17(2)35-24(32)36-18-8-4-5-9-18/h6-7,10-13,17-18,20-21,23H,4-5,8-9,14-15H2,1-3H3. The zero-order valence-corrected chi connectivity index (χ0v) is 21.8. The summed E-state index contributed by atoms with van der Waals surface area (Å²) in [4.78, 5) is 20.6. The number of allylic oxidation sites excluding steroid dienone is 2. The lowest BCUT2D eigenvalue weighted by atomic mass is 10.0. The van der Waals surface area contributed by atoms with Crippen LogP contribution >= 0.6 is 0 Å². The highest BCUT2D eigenvalue weighted by atomic mass is 32.2. The molecule has 1 saturated carbocycles. The number of alkyl halides is 3. The van der Waals surface area contributed by atoms with Crippen LogP contribution in [0.3, 0.4) is 0 Å². The van der Waals surface area contributed by atoms with Crippen LogP contribution in [-0.2, 0) is 26.0 Å². The molecule has 8 nitrogen and oxygen atoms in total. The molecule has 0 spiro atoms. The molecule has 4 rings (SSSR count). The van der Waals surface area contributed by atoms with Crippen molar-refractivity contribution in [2.75, 3.05) is 13.7 Å². The van der Waals surface area contributed by atoms with Gasteiger partial charge in [0.2, 0.25) is 0 Å². The van der Waals surface area contributed by atoms with E-state index in [2.05, 4.69) is 4.98 Å². The molecule has 1 aromatic heterocycles. The van der Waals surface area contributed by atoms with Gasteiger partial charge in [-0.25, -0.2) is 9.69 Å². The van der Waals surface area contributed by atoms with E-state index in [0.29, 0.717) is 11.3 Å². The minimum Gasteiger partial charge on any atom is -0.484 e. The zero-order chi connectivity index (χ0) is 26.7. The highest BCUT2D eigenvalue weighted by molar-refractivity contribution is 7.84. The summed E-state index contributed by atoms with van der Waals surface area (Å²) >= 11 is 0. The second-order valence-electron chi connectivity index (χ2n) is 9.49. The Morgan fingerprint density at radius 3 is 2.57 bits per heavy atom. The van der Waals surface area contributed by atoms with E-state index in [1.54, 1.807) is 13.8 Å². The maximum absolute atomic E-state index is 13.8. The van der Waals surface area contributed by atoms with E-state index < -0.39 is 41.5 Å². The molecule has 0 radical (unpaired) electrons. The molecule has 1 saturated heterocycles. The Labute approximate surface area is 216 Å². The minimum atomic E-state index is -4.47. The molecule has 204 valence electrons. The first-order valence-corrected chi connectivity index (χ1v) is 13.7. The summed E-state index contributed by atoms with van der Waals surface area (Å²) < 4.78 is 67.7. The zero-order valence-electron chi connectivity index (χ0n) is 21.0. The molecule has 1 aromatic rings. The molecule has 12 heteroatoms. The molecule has 2 aliphatic carbocycles. The summed E-state index contributed by atoms with van der Waals surface area (Å²) in [5, 5.41) is 0. The molecule has 0 N–H and O–H groups in total. The summed E-state index contributed by atoms with van der Waals surface area (Å²) in [6, 6.07) is 1.05. The first kappa shape index (κ1) is 27.6. The second kappa shape index (κ2) is 11.5. The summed E-state index contributed by atoms with van der Waals surface area (Å²) in [6.45, 7) is 1.89. The monoisotopic (exact) mass is 543 g/mol. The van der Waals surface area contributed by atoms with Crippen molar-refractivity contribution < 1.29 is 36.4 Å². The highest BCUT2D eigenvalue weighted by Gasteiger charge is 2.49. The molecular formula is C25H32F3N3O5S. The van der Waals surface area contributed by atoms with Crippen molar-refractivity contribution in [3.63, 3.8) is 0 Å². The molecule has 2 heterocycles. The fraction of sp³-hybridized carbons (Fsp3) is 0.600. The van der Waals surface area contributed by atoms with Crippen molar-refractivity contribution in [3.8, 4) is 5.75 Å². The van der Waals surface area contributed by atoms with Crippen LogP contribution in [0.15, 0.2) is 36.6 Å². The van der Waals surface area contributed by atoms with Gasteiger partial charge in [-0.05, 0) is 52.6 Å². The maximum Gasteiger partial charge on any atom is 0.510 e. The lowest BCUT2D eigenvalue weighted by Gasteiger charge is -2.33. The first-order chi connectivity index (χ1) is 17.5. The normalized spacial score (nSPS) is 26.2. The maximum atomic E-state index is 13.8. The summed E-state index contributed by atoms with van der Waals surface area (Å²) in [6.07, 6.45) is 6.67. The van der Waals surface area contributed by atoms with Gasteiger partial charge in [-0.1, -0.05) is 24.3 Å². The smallest absolute Gasteiger partial charge is 0.484 e. The van der Waals surface area contributed by atoms with Crippen LogP contribution in [0.25, 0.3) is 0 Å². The molecule has 5 unspecified atom stereocenters. The minimum absolute atomic E-state index is 0.0212. The van der Waals surface area contributed by atoms with Crippen LogP contribution in [0.4, 0.5) is 18.0 Å². The molecule has 1 aliphatic heterocycles. The molecule has 2 fully saturated rings. The predicted octanol–water partition coefficient (Wildman–Crippen LogP) is 4.42. The lowest BCUT2D eigenvalue weighted by Crippen LogP contribution is -2.49. The highest BCUT2D eigenvalue weighted by Crippen LogP contribution is 2.35. The number of aromatic nitrogens is 1. The van der Waals surface area contributed by atoms with E-state index in [4.69, 9.17) is 14.2 Å². The Morgan fingerprint density at radius 1 is 1.22 bits per heavy atom. The lowest BCUT2D eigenvalue weighted by molar-refractivity contribution is -0.153. The Kier molecular flexibility index (Phi) is 8.59. The molecule has 0 amide bonds. The molecule has 0 aromatic carbocycles. The van der Waals surface area contributed by atoms with Crippen LogP contribution in [0.2, 0.25) is 0 Å². The van der Waals surface area contributed by atoms with Crippen molar-refractivity contribution in [1.29, 1.82) is 0 Å². The van der Waals surface area contributed by atoms with Crippen molar-refractivity contribution in [1.82, 2.24) is 14.8 Å². The third kappa shape index (κ3) is 6.53. The largest absolute Gasteiger partial charge is 0.510 e. The second-order valence-corrected chi connectivity index (χ2v) is 11.0. The number of carbonyl (C=O) groups excluding carboxylic acids is 1. The number of likely N-dealkylation sites (N-methyl/N-ethyl adjacent to an activating group) is 1. The third-order valence-electron chi connectivity index (χ3n) is 6.91. The van der Waals surface area contributed by atoms with Crippen molar-refractivity contribution in [3.05, 3.63) is 47.8 Å². The van der Waals surface area contributed by atoms with Gasteiger partial charge in [-0.15, -0.1) is 0 Å². The first-order valence-electron chi connectivity index (χ1n) is 12.3. The SMILES string of the molecule is Cc1c(OCC(F)(F)F)ccnc1CS(=O)C1N(C)C2C=CC=CC2N1C(C)OC(=O)OC1CCCC1. The van der Waals surface area contributed by atoms with Gasteiger partial charge in [0, 0.05) is 17.8 Å². The van der Waals surface area contributed by atoms with Gasteiger partial charge >= 0.3 is 12.3 Å². The van der Waals surface area contributed by atoms with Gasteiger partial charge in [-0.3, -0.25) is 14.1 Å². The number of pyridine rings is 1. The number of fused-ring (bicyclic) bond motifs is 1. The van der Waals surface area contributed by atoms with E-state index in [-0.39, 0.29) is 29.7 Å². The van der Waals surface area contributed by atoms with Gasteiger partial charge in [0.05, 0.1) is 28.3 Å². The Balaban J connectivity index is 1.51. The van der Waals surface area contributed by atoms with Gasteiger partial charge in [0.15, 0.2) is 12.8 Å². The van der Waals surface area contributed by atoms with Gasteiger partial charge < -0.3 is 14.2 Å². The van der Waals surface area contributed by atoms with Gasteiger partial charge in [-0.2, -0.15) is 13.2 Å². The number of ether oxygens (including phenoxy) is 3. The van der Waals surface area contributed by atoms with Crippen LogP contribution < -0.4 is 4.74 Å². The van der Waals surface area contributed by atoms with E-state index in [1.165, 1.54) is 12.3 Å². The van der Waals surface area contributed by atoms with Gasteiger partial charge in [0.25, 0.3) is 0 Å². The van der Waals surface area contributed by atoms with Crippen LogP contribution in [0.5, 0.6) is 5.75 Å². The number of nitrogens with zero attached hydrogens (tertiary/aromatic N) is 3. The number of halogens is 3. The predicted molar refractivity (Wildman–Crippen MR) is 131 cm³/mol. The fourth-order valence-corrected chi connectivity index (χ4v) is 6.89. The fourth-order valence-electron chi connectivity index (χ4n) is 5.08. The van der Waals surface area contributed by atoms with Crippen molar-refractivity contribution in [2.45, 2.75) is 81.4 Å². The average molecular weight is 544 g/mol. The molecule has 5 atom stereocenters. The summed E-state index contributed by atoms with van der Waals surface area (Å²) in [5.41, 5.74) is 0.119. The number of rotatable bonds is 8. The quantitative estimate of drug-likeness (QED) is 0.446. The van der Waals surface area contributed by atoms with Crippen molar-refractivity contribution in [2.24, 2.45) is 0 Å². The van der Waals surface area contributed by atoms with Crippen LogP contribution in [-0.4, -0.2) is 74.9 Å². The number of hydrogen-bond donors (Lipinski definition) is 0. The Morgan fingerprint density at radius 2 is 1.89 bits per heavy atom. The van der Waals surface area contributed by atoms with Gasteiger partial charge in [0.1, 0.15) is 17.4 Å². The Bertz CT molecular complexity index is 1060. The van der Waals surface area contributed by atoms with E-state index in [1.807, 2.05) is 41.2 Å². The van der Waals surface area contributed by atoms with E-state index in [9.17, 15) is 22.2 Å². The summed E-state index contributed by atoms with van der Waals surface area (Å²) in [7, 11) is 0.253. The van der Waals surface area contributed by atoms with E-state index in [0.717, 1.165) is 25.7 Å². The molecule has 37 heavy (non-hydrogen) atoms. The Hall–Kier alpha value is -2.44. The summed E-state index contributed by atoms with van der Waals surface area (Å²) in [5.74, 6) is 0.0222. The van der Waals surface area contributed by atoms with E-state index >= 15 is 0 Å². The van der Waals surface area contributed by atoms with Crippen LogP contribution in [0, 0.1) is 6.92 Å². The molecule has 3 aliphatic rings. The third-order valence-corrected chi connectivity index (χ3v) is 8.52. The topological polar surface area (TPSA) is 81.2 Å². The number of carbonyl (C=O) groups is 1. The average Bonchev–Trinajstić information content (AvgIpc) is 3.45. The molecule has 0 bridgehead atoms. The van der Waals surface area contributed by atoms with Crippen LogP contribution in [0.1, 0.15) is 43.9 Å².